The molecule has 2 rings (SSSR count). The third-order valence-corrected chi connectivity index (χ3v) is 5.34. The van der Waals surface area contributed by atoms with E-state index in [2.05, 4.69) is 15.4 Å². The van der Waals surface area contributed by atoms with Gasteiger partial charge in [-0.1, -0.05) is 13.0 Å². The van der Waals surface area contributed by atoms with E-state index < -0.39 is 10.0 Å². The van der Waals surface area contributed by atoms with Crippen LogP contribution in [0, 0.1) is 0 Å². The van der Waals surface area contributed by atoms with E-state index in [1.165, 1.54) is 12.1 Å². The van der Waals surface area contributed by atoms with Crippen LogP contribution < -0.4 is 15.4 Å². The molecule has 1 aromatic carbocycles. The van der Waals surface area contributed by atoms with Gasteiger partial charge in [-0.3, -0.25) is 4.79 Å². The number of anilines is 1. The molecule has 1 fully saturated rings. The number of benzene rings is 1. The van der Waals surface area contributed by atoms with Crippen molar-refractivity contribution in [2.75, 3.05) is 11.9 Å². The van der Waals surface area contributed by atoms with Gasteiger partial charge in [0.1, 0.15) is 0 Å². The van der Waals surface area contributed by atoms with Gasteiger partial charge in [0.05, 0.1) is 10.9 Å². The largest absolute Gasteiger partial charge is 0.325 e. The average molecular weight is 362 g/mol. The Labute approximate surface area is 143 Å². The van der Waals surface area contributed by atoms with Crippen molar-refractivity contribution in [2.45, 2.75) is 50.1 Å². The van der Waals surface area contributed by atoms with Gasteiger partial charge in [0.25, 0.3) is 0 Å². The number of carbonyl (C=O) groups excluding carboxylic acids is 1. The molecule has 1 saturated heterocycles. The predicted octanol–water partition coefficient (Wildman–Crippen LogP) is 1.88. The summed E-state index contributed by atoms with van der Waals surface area (Å²) in [6.07, 6.45) is 2.49. The van der Waals surface area contributed by atoms with Gasteiger partial charge in [0.2, 0.25) is 15.9 Å². The van der Waals surface area contributed by atoms with Gasteiger partial charge in [0, 0.05) is 11.7 Å². The third kappa shape index (κ3) is 5.46. The summed E-state index contributed by atoms with van der Waals surface area (Å²) in [5, 5.41) is 5.88. The van der Waals surface area contributed by atoms with Gasteiger partial charge in [0.15, 0.2) is 0 Å². The van der Waals surface area contributed by atoms with Crippen LogP contribution in [0.5, 0.6) is 0 Å². The van der Waals surface area contributed by atoms with Gasteiger partial charge in [-0.15, -0.1) is 12.4 Å². The lowest BCUT2D eigenvalue weighted by molar-refractivity contribution is -0.117. The van der Waals surface area contributed by atoms with Crippen molar-refractivity contribution in [3.8, 4) is 0 Å². The molecule has 0 radical (unpaired) electrons. The molecule has 3 N–H and O–H groups in total. The molecule has 8 heteroatoms. The molecule has 1 aromatic rings. The number of halogens is 1. The van der Waals surface area contributed by atoms with E-state index in [0.29, 0.717) is 12.1 Å². The molecule has 0 aromatic heterocycles. The first kappa shape index (κ1) is 19.9. The van der Waals surface area contributed by atoms with Crippen LogP contribution in [-0.4, -0.2) is 33.0 Å². The second-order valence-corrected chi connectivity index (χ2v) is 7.31. The normalized spacial score (nSPS) is 19.0. The minimum atomic E-state index is -3.57. The fourth-order valence-corrected chi connectivity index (χ4v) is 3.67. The quantitative estimate of drug-likeness (QED) is 0.722. The Morgan fingerprint density at radius 3 is 2.78 bits per heavy atom. The lowest BCUT2D eigenvalue weighted by Gasteiger charge is -2.14. The van der Waals surface area contributed by atoms with E-state index in [-0.39, 0.29) is 35.3 Å². The van der Waals surface area contributed by atoms with Crippen LogP contribution >= 0.6 is 12.4 Å². The highest BCUT2D eigenvalue weighted by atomic mass is 35.5. The molecule has 23 heavy (non-hydrogen) atoms. The highest BCUT2D eigenvalue weighted by Gasteiger charge is 2.22. The molecule has 2 atom stereocenters. The second-order valence-electron chi connectivity index (χ2n) is 5.60. The van der Waals surface area contributed by atoms with Gasteiger partial charge in [-0.2, -0.15) is 0 Å². The van der Waals surface area contributed by atoms with Crippen molar-refractivity contribution in [1.29, 1.82) is 0 Å². The van der Waals surface area contributed by atoms with Crippen molar-refractivity contribution >= 4 is 34.0 Å². The molecule has 0 saturated carbocycles. The maximum Gasteiger partial charge on any atom is 0.241 e. The lowest BCUT2D eigenvalue weighted by atomic mass is 10.2. The average Bonchev–Trinajstić information content (AvgIpc) is 3.01. The van der Waals surface area contributed by atoms with Crippen molar-refractivity contribution in [3.63, 3.8) is 0 Å². The zero-order valence-corrected chi connectivity index (χ0v) is 15.0. The number of sulfonamides is 1. The Bertz CT molecular complexity index is 631. The summed E-state index contributed by atoms with van der Waals surface area (Å²) in [4.78, 5) is 12.2. The molecule has 6 nitrogen and oxygen atoms in total. The highest BCUT2D eigenvalue weighted by molar-refractivity contribution is 7.89. The van der Waals surface area contributed by atoms with E-state index >= 15 is 0 Å². The molecule has 2 unspecified atom stereocenters. The predicted molar refractivity (Wildman–Crippen MR) is 93.4 cm³/mol. The first-order valence-electron chi connectivity index (χ1n) is 7.59. The molecule has 130 valence electrons. The molecule has 1 heterocycles. The van der Waals surface area contributed by atoms with Crippen molar-refractivity contribution in [3.05, 3.63) is 24.3 Å². The van der Waals surface area contributed by atoms with Crippen LogP contribution in [0.2, 0.25) is 0 Å². The first-order chi connectivity index (χ1) is 10.4. The van der Waals surface area contributed by atoms with Crippen LogP contribution in [0.1, 0.15) is 33.1 Å². The smallest absolute Gasteiger partial charge is 0.241 e. The van der Waals surface area contributed by atoms with Gasteiger partial charge in [-0.05, 0) is 50.9 Å². The zero-order chi connectivity index (χ0) is 16.2. The standard InChI is InChI=1S/C15H23N3O3S.ClH/c1-3-11(2)18-22(20,21)13-7-4-6-12(10-13)17-15(19)14-8-5-9-16-14;/h4,6-7,10-11,14,16,18H,3,5,8-9H2,1-2H3,(H,17,19);1H. The summed E-state index contributed by atoms with van der Waals surface area (Å²) in [5.74, 6) is -0.123. The Hall–Kier alpha value is -1.15. The summed E-state index contributed by atoms with van der Waals surface area (Å²) in [7, 11) is -3.57. The van der Waals surface area contributed by atoms with E-state index in [1.807, 2.05) is 13.8 Å². The highest BCUT2D eigenvalue weighted by Crippen LogP contribution is 2.17. The summed E-state index contributed by atoms with van der Waals surface area (Å²) in [5.41, 5.74) is 0.491. The second kappa shape index (κ2) is 8.63. The lowest BCUT2D eigenvalue weighted by Crippen LogP contribution is -2.35. The molecule has 1 amide bonds. The number of nitrogens with one attached hydrogen (secondary N) is 3. The number of hydrogen-bond acceptors (Lipinski definition) is 4. The van der Waals surface area contributed by atoms with E-state index in [0.717, 1.165) is 19.4 Å². The maximum atomic E-state index is 12.3. The number of hydrogen-bond donors (Lipinski definition) is 3. The Morgan fingerprint density at radius 2 is 2.17 bits per heavy atom. The zero-order valence-electron chi connectivity index (χ0n) is 13.3. The minimum absolute atomic E-state index is 0. The van der Waals surface area contributed by atoms with Gasteiger partial charge < -0.3 is 10.6 Å². The van der Waals surface area contributed by atoms with Crippen LogP contribution in [0.3, 0.4) is 0 Å². The van der Waals surface area contributed by atoms with Crippen LogP contribution in [0.25, 0.3) is 0 Å². The Balaban J connectivity index is 0.00000264. The van der Waals surface area contributed by atoms with E-state index in [4.69, 9.17) is 0 Å². The topological polar surface area (TPSA) is 87.3 Å². The molecule has 0 spiro atoms. The molecule has 1 aliphatic rings. The fourth-order valence-electron chi connectivity index (χ4n) is 2.29. The first-order valence-corrected chi connectivity index (χ1v) is 9.07. The molecular formula is C15H24ClN3O3S. The summed E-state index contributed by atoms with van der Waals surface area (Å²) < 4.78 is 27.1. The van der Waals surface area contributed by atoms with Crippen LogP contribution in [0.4, 0.5) is 5.69 Å². The van der Waals surface area contributed by atoms with Crippen LogP contribution in [0.15, 0.2) is 29.2 Å². The monoisotopic (exact) mass is 361 g/mol. The van der Waals surface area contributed by atoms with E-state index in [1.54, 1.807) is 12.1 Å². The van der Waals surface area contributed by atoms with Crippen molar-refractivity contribution in [1.82, 2.24) is 10.0 Å². The number of rotatable bonds is 6. The van der Waals surface area contributed by atoms with E-state index in [9.17, 15) is 13.2 Å². The molecule has 1 aliphatic heterocycles. The van der Waals surface area contributed by atoms with Crippen molar-refractivity contribution < 1.29 is 13.2 Å². The third-order valence-electron chi connectivity index (χ3n) is 3.76. The summed E-state index contributed by atoms with van der Waals surface area (Å²) in [6.45, 7) is 4.57. The van der Waals surface area contributed by atoms with Crippen molar-refractivity contribution in [2.24, 2.45) is 0 Å². The SMILES string of the molecule is CCC(C)NS(=O)(=O)c1cccc(NC(=O)C2CCCN2)c1.Cl. The summed E-state index contributed by atoms with van der Waals surface area (Å²) in [6, 6.07) is 5.99. The fraction of sp³-hybridized carbons (Fsp3) is 0.533. The maximum absolute atomic E-state index is 12.3. The molecule has 0 bridgehead atoms. The minimum Gasteiger partial charge on any atom is -0.325 e. The number of carbonyl (C=O) groups is 1. The van der Waals surface area contributed by atoms with Gasteiger partial charge >= 0.3 is 0 Å². The Kier molecular flexibility index (Phi) is 7.47. The summed E-state index contributed by atoms with van der Waals surface area (Å²) >= 11 is 0. The Morgan fingerprint density at radius 1 is 1.43 bits per heavy atom. The molecular weight excluding hydrogens is 338 g/mol. The molecule has 0 aliphatic carbocycles. The van der Waals surface area contributed by atoms with Crippen LogP contribution in [-0.2, 0) is 14.8 Å². The number of amides is 1. The van der Waals surface area contributed by atoms with Gasteiger partial charge in [-0.25, -0.2) is 13.1 Å².